The van der Waals surface area contributed by atoms with Crippen molar-refractivity contribution in [3.8, 4) is 0 Å². The molecule has 0 fully saturated rings. The molecule has 1 rings (SSSR count). The van der Waals surface area contributed by atoms with E-state index in [1.54, 1.807) is 19.1 Å². The second-order valence-corrected chi connectivity index (χ2v) is 5.52. The molecular formula is C14H21F2N. The van der Waals surface area contributed by atoms with Gasteiger partial charge >= 0.3 is 0 Å². The van der Waals surface area contributed by atoms with Crippen LogP contribution < -0.4 is 5.73 Å². The van der Waals surface area contributed by atoms with Crippen LogP contribution in [0.15, 0.2) is 18.2 Å². The highest BCUT2D eigenvalue weighted by atomic mass is 19.3. The van der Waals surface area contributed by atoms with Crippen molar-refractivity contribution in [2.24, 2.45) is 5.73 Å². The minimum absolute atomic E-state index is 0.00775. The van der Waals surface area contributed by atoms with Gasteiger partial charge in [-0.15, -0.1) is 0 Å². The zero-order valence-electron chi connectivity index (χ0n) is 11.0. The molecule has 0 spiro atoms. The first-order valence-corrected chi connectivity index (χ1v) is 5.88. The predicted molar refractivity (Wildman–Crippen MR) is 67.4 cm³/mol. The van der Waals surface area contributed by atoms with Gasteiger partial charge in [0.2, 0.25) is 0 Å². The third-order valence-corrected chi connectivity index (χ3v) is 2.96. The van der Waals surface area contributed by atoms with Crippen molar-refractivity contribution in [3.63, 3.8) is 0 Å². The monoisotopic (exact) mass is 241 g/mol. The van der Waals surface area contributed by atoms with Crippen molar-refractivity contribution in [1.29, 1.82) is 0 Å². The Morgan fingerprint density at radius 1 is 1.18 bits per heavy atom. The molecule has 0 aliphatic rings. The highest BCUT2D eigenvalue weighted by molar-refractivity contribution is 5.37. The van der Waals surface area contributed by atoms with Crippen molar-refractivity contribution in [2.45, 2.75) is 45.5 Å². The lowest BCUT2D eigenvalue weighted by atomic mass is 9.84. The number of alkyl halides is 2. The second-order valence-electron chi connectivity index (χ2n) is 5.52. The summed E-state index contributed by atoms with van der Waals surface area (Å²) in [7, 11) is 0. The quantitative estimate of drug-likeness (QED) is 0.857. The average Bonchev–Trinajstić information content (AvgIpc) is 2.15. The Hall–Kier alpha value is -0.960. The molecule has 0 amide bonds. The SMILES string of the molecule is Cc1ccc(C(C)(C)C)cc1C(F)(F)CCN. The highest BCUT2D eigenvalue weighted by Crippen LogP contribution is 2.36. The predicted octanol–water partition coefficient (Wildman–Crippen LogP) is 3.73. The third-order valence-electron chi connectivity index (χ3n) is 2.96. The maximum atomic E-state index is 13.9. The van der Waals surface area contributed by atoms with Crippen LogP contribution >= 0.6 is 0 Å². The van der Waals surface area contributed by atoms with Crippen LogP contribution in [0.5, 0.6) is 0 Å². The zero-order valence-corrected chi connectivity index (χ0v) is 11.0. The number of halogens is 2. The van der Waals surface area contributed by atoms with Crippen molar-refractivity contribution < 1.29 is 8.78 Å². The van der Waals surface area contributed by atoms with E-state index >= 15 is 0 Å². The van der Waals surface area contributed by atoms with Gasteiger partial charge in [0.1, 0.15) is 0 Å². The largest absolute Gasteiger partial charge is 0.330 e. The molecule has 3 heteroatoms. The summed E-state index contributed by atoms with van der Waals surface area (Å²) in [5.74, 6) is -2.83. The van der Waals surface area contributed by atoms with E-state index in [9.17, 15) is 8.78 Å². The molecule has 0 saturated heterocycles. The lowest BCUT2D eigenvalue weighted by Gasteiger charge is -2.24. The number of aryl methyl sites for hydroxylation is 1. The minimum atomic E-state index is -2.83. The van der Waals surface area contributed by atoms with Crippen LogP contribution in [0.1, 0.15) is 43.9 Å². The van der Waals surface area contributed by atoms with E-state index in [1.165, 1.54) is 0 Å². The summed E-state index contributed by atoms with van der Waals surface area (Å²) < 4.78 is 27.8. The Morgan fingerprint density at radius 2 is 1.76 bits per heavy atom. The van der Waals surface area contributed by atoms with Crippen molar-refractivity contribution in [1.82, 2.24) is 0 Å². The van der Waals surface area contributed by atoms with E-state index in [4.69, 9.17) is 5.73 Å². The first-order valence-electron chi connectivity index (χ1n) is 5.88. The van der Waals surface area contributed by atoms with Gasteiger partial charge in [-0.05, 0) is 36.1 Å². The van der Waals surface area contributed by atoms with Gasteiger partial charge in [0.05, 0.1) is 0 Å². The van der Waals surface area contributed by atoms with Crippen molar-refractivity contribution in [2.75, 3.05) is 6.54 Å². The average molecular weight is 241 g/mol. The summed E-state index contributed by atoms with van der Waals surface area (Å²) in [6, 6.07) is 5.29. The van der Waals surface area contributed by atoms with E-state index < -0.39 is 5.92 Å². The number of hydrogen-bond acceptors (Lipinski definition) is 1. The maximum absolute atomic E-state index is 13.9. The van der Waals surface area contributed by atoms with E-state index in [2.05, 4.69) is 0 Å². The van der Waals surface area contributed by atoms with E-state index in [0.29, 0.717) is 5.56 Å². The van der Waals surface area contributed by atoms with E-state index in [1.807, 2.05) is 26.8 Å². The molecule has 0 bridgehead atoms. The molecule has 0 aliphatic heterocycles. The smallest absolute Gasteiger partial charge is 0.274 e. The molecule has 1 nitrogen and oxygen atoms in total. The first kappa shape index (κ1) is 14.1. The third kappa shape index (κ3) is 3.25. The molecule has 96 valence electrons. The number of benzene rings is 1. The van der Waals surface area contributed by atoms with Gasteiger partial charge in [0.25, 0.3) is 5.92 Å². The van der Waals surface area contributed by atoms with Crippen LogP contribution in [-0.4, -0.2) is 6.54 Å². The highest BCUT2D eigenvalue weighted by Gasteiger charge is 2.33. The first-order chi connectivity index (χ1) is 7.68. The second kappa shape index (κ2) is 4.73. The van der Waals surface area contributed by atoms with Gasteiger partial charge < -0.3 is 5.73 Å². The van der Waals surface area contributed by atoms with Gasteiger partial charge in [-0.3, -0.25) is 0 Å². The molecule has 0 heterocycles. The Labute approximate surface area is 102 Å². The van der Waals surface area contributed by atoms with Gasteiger partial charge in [-0.25, -0.2) is 8.78 Å². The Morgan fingerprint density at radius 3 is 2.24 bits per heavy atom. The lowest BCUT2D eigenvalue weighted by molar-refractivity contribution is -0.0114. The molecule has 0 radical (unpaired) electrons. The van der Waals surface area contributed by atoms with Gasteiger partial charge in [0.15, 0.2) is 0 Å². The molecule has 0 atom stereocenters. The summed E-state index contributed by atoms with van der Waals surface area (Å²) in [5.41, 5.74) is 6.78. The minimum Gasteiger partial charge on any atom is -0.330 e. The standard InChI is InChI=1S/C14H21F2N/c1-10-5-6-11(13(2,3)4)9-12(10)14(15,16)7-8-17/h5-6,9H,7-8,17H2,1-4H3. The summed E-state index contributed by atoms with van der Waals surface area (Å²) in [5, 5.41) is 0. The fourth-order valence-corrected chi connectivity index (χ4v) is 1.80. The number of nitrogens with two attached hydrogens (primary N) is 1. The Balaban J connectivity index is 3.24. The van der Waals surface area contributed by atoms with Gasteiger partial charge in [0, 0.05) is 12.0 Å². The van der Waals surface area contributed by atoms with E-state index in [-0.39, 0.29) is 23.9 Å². The number of rotatable bonds is 3. The summed E-state index contributed by atoms with van der Waals surface area (Å²) >= 11 is 0. The molecule has 0 unspecified atom stereocenters. The fraction of sp³-hybridized carbons (Fsp3) is 0.571. The molecule has 1 aromatic rings. The molecule has 0 aromatic heterocycles. The van der Waals surface area contributed by atoms with Crippen LogP contribution in [0.3, 0.4) is 0 Å². The molecule has 1 aromatic carbocycles. The van der Waals surface area contributed by atoms with Crippen LogP contribution in [-0.2, 0) is 11.3 Å². The normalized spacial score (nSPS) is 12.9. The molecule has 2 N–H and O–H groups in total. The zero-order chi connectivity index (χ0) is 13.3. The maximum Gasteiger partial charge on any atom is 0.274 e. The molecule has 0 saturated carbocycles. The van der Waals surface area contributed by atoms with Crippen molar-refractivity contribution >= 4 is 0 Å². The van der Waals surface area contributed by atoms with Crippen LogP contribution in [0.25, 0.3) is 0 Å². The van der Waals surface area contributed by atoms with Gasteiger partial charge in [-0.2, -0.15) is 0 Å². The van der Waals surface area contributed by atoms with Crippen molar-refractivity contribution in [3.05, 3.63) is 34.9 Å². The lowest BCUT2D eigenvalue weighted by Crippen LogP contribution is -2.21. The van der Waals surface area contributed by atoms with Crippen LogP contribution in [0.4, 0.5) is 8.78 Å². The van der Waals surface area contributed by atoms with Crippen LogP contribution in [0, 0.1) is 6.92 Å². The van der Waals surface area contributed by atoms with Gasteiger partial charge in [-0.1, -0.05) is 32.9 Å². The molecular weight excluding hydrogens is 220 g/mol. The Kier molecular flexibility index (Phi) is 3.92. The van der Waals surface area contributed by atoms with Crippen LogP contribution in [0.2, 0.25) is 0 Å². The topological polar surface area (TPSA) is 26.0 Å². The Bertz CT molecular complexity index is 392. The fourth-order valence-electron chi connectivity index (χ4n) is 1.80. The van der Waals surface area contributed by atoms with E-state index in [0.717, 1.165) is 5.56 Å². The molecule has 17 heavy (non-hydrogen) atoms. The molecule has 0 aliphatic carbocycles. The summed E-state index contributed by atoms with van der Waals surface area (Å²) in [4.78, 5) is 0. The summed E-state index contributed by atoms with van der Waals surface area (Å²) in [6.07, 6.45) is -0.304. The number of hydrogen-bond donors (Lipinski definition) is 1. The summed E-state index contributed by atoms with van der Waals surface area (Å²) in [6.45, 7) is 7.76.